The number of methoxy groups -OCH3 is 1. The molecule has 3 aliphatic rings. The Hall–Kier alpha value is -5.90. The number of hydrogen-bond acceptors (Lipinski definition) is 14. The average Bonchev–Trinajstić information content (AvgIpc) is 3.48. The number of phenols is 3. The van der Waals surface area contributed by atoms with Crippen molar-refractivity contribution in [1.82, 2.24) is 5.43 Å². The number of ketones is 1. The second-order valence-electron chi connectivity index (χ2n) is 15.7. The molecule has 6 rings (SSSR count). The number of hydrazone groups is 1. The molecule has 0 saturated heterocycles. The van der Waals surface area contributed by atoms with Crippen molar-refractivity contribution in [3.05, 3.63) is 88.7 Å². The van der Waals surface area contributed by atoms with Gasteiger partial charge in [-0.3, -0.25) is 14.4 Å². The van der Waals surface area contributed by atoms with E-state index in [1.54, 1.807) is 39.8 Å². The fraction of sp³-hybridized carbons (Fsp3) is 0.422. The largest absolute Gasteiger partial charge is 0.507 e. The smallest absolute Gasteiger partial charge is 0.312 e. The molecular weight excluding hydrogens is 775 g/mol. The standard InChI is InChI=1S/C45H55N3O12/c1-22-14-13-15-23(2)44(56)48-35-30(21-47-46-20-29-16-11-10-12-17-29)39(53)32-33(40(35)54)38(52)27(6)42-34(32)43(55)45(8,60-42)58-19-18-31(57-9)24(3)41(59-28(7)49)26(5)37(51)25(4)36(22)50/h10-19,21-22,24-26,31,36-37,41,46,50-54H,20H2,1-9H3,(H,48,56). The summed E-state index contributed by atoms with van der Waals surface area (Å²) < 4.78 is 23.6. The number of aliphatic hydroxyl groups is 2. The van der Waals surface area contributed by atoms with Crippen molar-refractivity contribution in [2.75, 3.05) is 12.4 Å². The molecule has 0 saturated carbocycles. The normalized spacial score (nSPS) is 27.8. The minimum atomic E-state index is -2.06. The summed E-state index contributed by atoms with van der Waals surface area (Å²) in [6.45, 7) is 12.7. The summed E-state index contributed by atoms with van der Waals surface area (Å²) in [4.78, 5) is 40.5. The maximum atomic E-state index is 14.4. The van der Waals surface area contributed by atoms with E-state index < -0.39 is 88.8 Å². The van der Waals surface area contributed by atoms with Crippen molar-refractivity contribution in [2.45, 2.75) is 92.1 Å². The number of aromatic hydroxyl groups is 3. The van der Waals surface area contributed by atoms with E-state index >= 15 is 0 Å². The quantitative estimate of drug-likeness (QED) is 0.0508. The summed E-state index contributed by atoms with van der Waals surface area (Å²) in [6, 6.07) is 9.34. The lowest BCUT2D eigenvalue weighted by Crippen LogP contribution is -2.46. The third-order valence-corrected chi connectivity index (χ3v) is 11.4. The highest BCUT2D eigenvalue weighted by atomic mass is 16.7. The van der Waals surface area contributed by atoms with E-state index in [4.69, 9.17) is 18.9 Å². The fourth-order valence-electron chi connectivity index (χ4n) is 7.72. The molecule has 0 aromatic heterocycles. The van der Waals surface area contributed by atoms with Crippen LogP contribution in [0.4, 0.5) is 5.69 Å². The molecule has 3 aromatic carbocycles. The third-order valence-electron chi connectivity index (χ3n) is 11.4. The van der Waals surface area contributed by atoms with Crippen LogP contribution in [0.5, 0.6) is 23.0 Å². The molecule has 0 radical (unpaired) electrons. The third kappa shape index (κ3) is 8.98. The molecule has 15 nitrogen and oxygen atoms in total. The second kappa shape index (κ2) is 18.6. The van der Waals surface area contributed by atoms with Crippen LogP contribution in [0.25, 0.3) is 10.8 Å². The Morgan fingerprint density at radius 2 is 1.63 bits per heavy atom. The van der Waals surface area contributed by atoms with Crippen LogP contribution >= 0.6 is 0 Å². The van der Waals surface area contributed by atoms with Crippen molar-refractivity contribution in [2.24, 2.45) is 28.8 Å². The fourth-order valence-corrected chi connectivity index (χ4v) is 7.72. The Kier molecular flexibility index (Phi) is 14.0. The number of allylic oxidation sites excluding steroid dienone is 2. The average molecular weight is 830 g/mol. The van der Waals surface area contributed by atoms with Gasteiger partial charge in [-0.1, -0.05) is 76.3 Å². The lowest BCUT2D eigenvalue weighted by Gasteiger charge is -2.38. The Balaban J connectivity index is 1.69. The molecule has 15 heteroatoms. The van der Waals surface area contributed by atoms with Gasteiger partial charge in [0, 0.05) is 61.2 Å². The number of esters is 1. The van der Waals surface area contributed by atoms with Gasteiger partial charge in [-0.25, -0.2) is 0 Å². The number of aliphatic hydroxyl groups excluding tert-OH is 2. The highest BCUT2D eigenvalue weighted by Crippen LogP contribution is 2.55. The van der Waals surface area contributed by atoms with E-state index in [2.05, 4.69) is 15.8 Å². The molecule has 0 fully saturated rings. The van der Waals surface area contributed by atoms with E-state index in [9.17, 15) is 39.9 Å². The van der Waals surface area contributed by atoms with E-state index in [0.717, 1.165) is 5.56 Å². The van der Waals surface area contributed by atoms with Crippen molar-refractivity contribution in [3.8, 4) is 23.0 Å². The van der Waals surface area contributed by atoms with Gasteiger partial charge in [0.05, 0.1) is 59.5 Å². The molecule has 3 aromatic rings. The lowest BCUT2D eigenvalue weighted by atomic mass is 9.78. The Morgan fingerprint density at radius 3 is 2.28 bits per heavy atom. The van der Waals surface area contributed by atoms with E-state index in [0.29, 0.717) is 0 Å². The van der Waals surface area contributed by atoms with Gasteiger partial charge in [-0.05, 0) is 25.5 Å². The number of nitrogens with one attached hydrogen (secondary N) is 2. The molecule has 60 heavy (non-hydrogen) atoms. The van der Waals surface area contributed by atoms with E-state index in [-0.39, 0.29) is 51.0 Å². The summed E-state index contributed by atoms with van der Waals surface area (Å²) in [5.41, 5.74) is 3.25. The molecule has 3 aliphatic heterocycles. The number of nitrogens with zero attached hydrogens (tertiary/aromatic N) is 1. The zero-order chi connectivity index (χ0) is 44.2. The molecule has 322 valence electrons. The summed E-state index contributed by atoms with van der Waals surface area (Å²) in [6.07, 6.45) is 4.65. The number of phenolic OH excluding ortho intramolecular Hbond substituents is 3. The van der Waals surface area contributed by atoms with Gasteiger partial charge in [0.25, 0.3) is 11.7 Å². The van der Waals surface area contributed by atoms with Gasteiger partial charge in [-0.2, -0.15) is 5.10 Å². The molecule has 9 unspecified atom stereocenters. The van der Waals surface area contributed by atoms with Crippen molar-refractivity contribution < 1.29 is 58.9 Å². The minimum absolute atomic E-state index is 0.0394. The van der Waals surface area contributed by atoms with Gasteiger partial charge in [0.1, 0.15) is 23.4 Å². The maximum absolute atomic E-state index is 14.4. The predicted molar refractivity (Wildman–Crippen MR) is 225 cm³/mol. The van der Waals surface area contributed by atoms with Crippen LogP contribution in [0, 0.1) is 30.6 Å². The number of hydrogen-bond donors (Lipinski definition) is 7. The second-order valence-corrected chi connectivity index (χ2v) is 15.7. The first kappa shape index (κ1) is 45.2. The van der Waals surface area contributed by atoms with Crippen LogP contribution in [0.2, 0.25) is 0 Å². The SMILES string of the molecule is COC1C=COC2(C)Oc3c(C)c(O)c4c(O)c(c(C=NNCc5ccccc5)c(O)c4c3C2=O)NC(=O)C(C)=CC=CC(C)C(O)C(C)C(O)C(C)C(OC(C)=O)C1C. The molecule has 9 atom stereocenters. The lowest BCUT2D eigenvalue weighted by molar-refractivity contribution is -0.160. The van der Waals surface area contributed by atoms with Gasteiger partial charge in [0.15, 0.2) is 5.75 Å². The molecule has 0 aliphatic carbocycles. The number of anilines is 1. The summed E-state index contributed by atoms with van der Waals surface area (Å²) in [5, 5.41) is 64.6. The van der Waals surface area contributed by atoms with Crippen molar-refractivity contribution in [1.29, 1.82) is 0 Å². The van der Waals surface area contributed by atoms with Crippen LogP contribution in [0.15, 0.2) is 71.6 Å². The number of ether oxygens (including phenoxy) is 4. The summed E-state index contributed by atoms with van der Waals surface area (Å²) in [5.74, 6) is -8.56. The van der Waals surface area contributed by atoms with E-state index in [1.807, 2.05) is 30.3 Å². The van der Waals surface area contributed by atoms with Crippen LogP contribution < -0.4 is 15.5 Å². The van der Waals surface area contributed by atoms with Gasteiger partial charge >= 0.3 is 11.8 Å². The maximum Gasteiger partial charge on any atom is 0.312 e. The first-order valence-corrected chi connectivity index (χ1v) is 19.7. The number of fused-ring (bicyclic) bond motifs is 14. The topological polar surface area (TPSA) is 226 Å². The number of rotatable bonds is 6. The van der Waals surface area contributed by atoms with Crippen LogP contribution in [-0.4, -0.2) is 86.7 Å². The van der Waals surface area contributed by atoms with Crippen molar-refractivity contribution >= 4 is 40.3 Å². The zero-order valence-corrected chi connectivity index (χ0v) is 35.2. The first-order valence-electron chi connectivity index (χ1n) is 19.7. The number of carbonyl (C=O) groups excluding carboxylic acids is 3. The van der Waals surface area contributed by atoms with Gasteiger partial charge in [0.2, 0.25) is 0 Å². The van der Waals surface area contributed by atoms with E-state index in [1.165, 1.54) is 59.4 Å². The number of benzene rings is 3. The molecule has 1 amide bonds. The molecule has 0 spiro atoms. The molecule has 5 bridgehead atoms. The predicted octanol–water partition coefficient (Wildman–Crippen LogP) is 5.88. The summed E-state index contributed by atoms with van der Waals surface area (Å²) >= 11 is 0. The number of carbonyl (C=O) groups is 3. The van der Waals surface area contributed by atoms with Crippen LogP contribution in [-0.2, 0) is 30.3 Å². The molecule has 7 N–H and O–H groups in total. The zero-order valence-electron chi connectivity index (χ0n) is 35.2. The Morgan fingerprint density at radius 1 is 0.950 bits per heavy atom. The van der Waals surface area contributed by atoms with Gasteiger partial charge < -0.3 is 55.2 Å². The van der Waals surface area contributed by atoms with Crippen molar-refractivity contribution in [3.63, 3.8) is 0 Å². The molecule has 3 heterocycles. The number of Topliss-reactive ketones (excluding diaryl/α,β-unsaturated/α-hetero) is 1. The Labute approximate surface area is 349 Å². The number of amides is 1. The highest BCUT2D eigenvalue weighted by Gasteiger charge is 2.50. The highest BCUT2D eigenvalue weighted by molar-refractivity contribution is 6.23. The van der Waals surface area contributed by atoms with Gasteiger partial charge in [-0.15, -0.1) is 0 Å². The first-order chi connectivity index (χ1) is 28.3. The summed E-state index contributed by atoms with van der Waals surface area (Å²) in [7, 11) is 1.43. The van der Waals surface area contributed by atoms with Crippen LogP contribution in [0.3, 0.4) is 0 Å². The minimum Gasteiger partial charge on any atom is -0.507 e. The van der Waals surface area contributed by atoms with Crippen LogP contribution in [0.1, 0.15) is 75.5 Å². The molecular formula is C45H55N3O12. The monoisotopic (exact) mass is 829 g/mol. The Bertz CT molecular complexity index is 2240.